The first-order valence-corrected chi connectivity index (χ1v) is 7.74. The fourth-order valence-electron chi connectivity index (χ4n) is 2.30. The summed E-state index contributed by atoms with van der Waals surface area (Å²) in [6.07, 6.45) is 1.19. The van der Waals surface area contributed by atoms with E-state index in [0.29, 0.717) is 39.1 Å². The lowest BCUT2D eigenvalue weighted by atomic mass is 10.1. The molecule has 6 nitrogen and oxygen atoms in total. The minimum Gasteiger partial charge on any atom is -0.347 e. The molecule has 2 rings (SSSR count). The predicted octanol–water partition coefficient (Wildman–Crippen LogP) is 0.458. The topological polar surface area (TPSA) is 67.9 Å². The molecule has 18 heavy (non-hydrogen) atoms. The van der Waals surface area contributed by atoms with Crippen molar-refractivity contribution >= 4 is 10.2 Å². The van der Waals surface area contributed by atoms with Crippen molar-refractivity contribution in [1.82, 2.24) is 9.03 Å². The third-order valence-corrected chi connectivity index (χ3v) is 4.99. The normalized spacial score (nSPS) is 25.7. The van der Waals surface area contributed by atoms with E-state index >= 15 is 0 Å². The molecule has 106 valence electrons. The van der Waals surface area contributed by atoms with Gasteiger partial charge in [0, 0.05) is 31.5 Å². The second-order valence-electron chi connectivity index (χ2n) is 5.86. The molecule has 0 bridgehead atoms. The van der Waals surface area contributed by atoms with E-state index in [2.05, 4.69) is 4.72 Å². The summed E-state index contributed by atoms with van der Waals surface area (Å²) >= 11 is 0. The van der Waals surface area contributed by atoms with Gasteiger partial charge in [-0.2, -0.15) is 17.4 Å². The highest BCUT2D eigenvalue weighted by atomic mass is 32.2. The Hall–Kier alpha value is -0.210. The van der Waals surface area contributed by atoms with Gasteiger partial charge in [0.25, 0.3) is 10.2 Å². The molecule has 2 aliphatic heterocycles. The Morgan fingerprint density at radius 1 is 1.11 bits per heavy atom. The van der Waals surface area contributed by atoms with Crippen molar-refractivity contribution in [2.75, 3.05) is 26.3 Å². The van der Waals surface area contributed by atoms with Gasteiger partial charge in [-0.05, 0) is 20.8 Å². The van der Waals surface area contributed by atoms with Crippen molar-refractivity contribution in [2.24, 2.45) is 0 Å². The minimum absolute atomic E-state index is 0.436. The fraction of sp³-hybridized carbons (Fsp3) is 1.00. The van der Waals surface area contributed by atoms with Crippen LogP contribution in [0.4, 0.5) is 0 Å². The van der Waals surface area contributed by atoms with Crippen LogP contribution in [0, 0.1) is 0 Å². The van der Waals surface area contributed by atoms with Crippen LogP contribution in [0.2, 0.25) is 0 Å². The molecule has 0 amide bonds. The first-order chi connectivity index (χ1) is 8.23. The largest absolute Gasteiger partial charge is 0.347 e. The molecule has 2 aliphatic rings. The van der Waals surface area contributed by atoms with Crippen molar-refractivity contribution in [1.29, 1.82) is 0 Å². The van der Waals surface area contributed by atoms with Gasteiger partial charge in [-0.3, -0.25) is 0 Å². The van der Waals surface area contributed by atoms with Gasteiger partial charge in [0.05, 0.1) is 13.2 Å². The molecule has 2 fully saturated rings. The number of hydrogen-bond donors (Lipinski definition) is 1. The SMILES string of the molecule is CC(C)(C)NS(=O)(=O)N1CCC2(CC1)OCCO2. The smallest absolute Gasteiger partial charge is 0.279 e. The molecule has 2 saturated heterocycles. The summed E-state index contributed by atoms with van der Waals surface area (Å²) in [6, 6.07) is 0. The molecule has 1 spiro atoms. The van der Waals surface area contributed by atoms with E-state index < -0.39 is 21.5 Å². The highest BCUT2D eigenvalue weighted by molar-refractivity contribution is 7.87. The summed E-state index contributed by atoms with van der Waals surface area (Å²) in [4.78, 5) is 0. The number of rotatable bonds is 2. The summed E-state index contributed by atoms with van der Waals surface area (Å²) < 4.78 is 39.6. The number of hydrogen-bond acceptors (Lipinski definition) is 4. The van der Waals surface area contributed by atoms with Crippen molar-refractivity contribution in [3.05, 3.63) is 0 Å². The molecule has 0 aromatic heterocycles. The van der Waals surface area contributed by atoms with E-state index in [0.717, 1.165) is 0 Å². The van der Waals surface area contributed by atoms with Crippen LogP contribution in [0.5, 0.6) is 0 Å². The van der Waals surface area contributed by atoms with Crippen molar-refractivity contribution in [3.8, 4) is 0 Å². The summed E-state index contributed by atoms with van der Waals surface area (Å²) in [6.45, 7) is 7.58. The lowest BCUT2D eigenvalue weighted by Crippen LogP contribution is -2.54. The predicted molar refractivity (Wildman–Crippen MR) is 67.3 cm³/mol. The second kappa shape index (κ2) is 4.72. The highest BCUT2D eigenvalue weighted by Crippen LogP contribution is 2.32. The third kappa shape index (κ3) is 3.21. The molecule has 0 saturated carbocycles. The lowest BCUT2D eigenvalue weighted by molar-refractivity contribution is -0.179. The fourth-order valence-corrected chi connectivity index (χ4v) is 3.87. The first-order valence-electron chi connectivity index (χ1n) is 6.30. The Bertz CT molecular complexity index is 386. The molecule has 2 heterocycles. The Balaban J connectivity index is 1.97. The standard InChI is InChI=1S/C11H22N2O4S/c1-10(2,3)12-18(14,15)13-6-4-11(5-7-13)16-8-9-17-11/h12H,4-9H2,1-3H3. The van der Waals surface area contributed by atoms with Gasteiger partial charge in [0.1, 0.15) is 0 Å². The van der Waals surface area contributed by atoms with Gasteiger partial charge in [-0.15, -0.1) is 0 Å². The van der Waals surface area contributed by atoms with Crippen LogP contribution in [0.3, 0.4) is 0 Å². The van der Waals surface area contributed by atoms with Gasteiger partial charge in [-0.25, -0.2) is 0 Å². The van der Waals surface area contributed by atoms with Gasteiger partial charge >= 0.3 is 0 Å². The van der Waals surface area contributed by atoms with Crippen LogP contribution in [-0.2, 0) is 19.7 Å². The molecular weight excluding hydrogens is 256 g/mol. The third-order valence-electron chi connectivity index (χ3n) is 3.07. The van der Waals surface area contributed by atoms with Gasteiger partial charge in [-0.1, -0.05) is 0 Å². The average Bonchev–Trinajstić information content (AvgIpc) is 2.63. The monoisotopic (exact) mass is 278 g/mol. The summed E-state index contributed by atoms with van der Waals surface area (Å²) in [5.41, 5.74) is -0.464. The zero-order valence-corrected chi connectivity index (χ0v) is 12.0. The van der Waals surface area contributed by atoms with E-state index in [-0.39, 0.29) is 0 Å². The molecule has 0 aliphatic carbocycles. The summed E-state index contributed by atoms with van der Waals surface area (Å²) in [7, 11) is -3.42. The van der Waals surface area contributed by atoms with Crippen molar-refractivity contribution in [3.63, 3.8) is 0 Å². The number of nitrogens with zero attached hydrogens (tertiary/aromatic N) is 1. The maximum absolute atomic E-state index is 12.1. The van der Waals surface area contributed by atoms with Gasteiger partial charge < -0.3 is 9.47 Å². The van der Waals surface area contributed by atoms with Crippen molar-refractivity contribution in [2.45, 2.75) is 44.9 Å². The van der Waals surface area contributed by atoms with E-state index in [1.807, 2.05) is 20.8 Å². The van der Waals surface area contributed by atoms with Crippen LogP contribution in [0.15, 0.2) is 0 Å². The maximum atomic E-state index is 12.1. The van der Waals surface area contributed by atoms with E-state index in [1.54, 1.807) is 0 Å². The maximum Gasteiger partial charge on any atom is 0.279 e. The number of piperidine rings is 1. The Morgan fingerprint density at radius 2 is 1.61 bits per heavy atom. The van der Waals surface area contributed by atoms with Crippen LogP contribution in [0.25, 0.3) is 0 Å². The average molecular weight is 278 g/mol. The number of ether oxygens (including phenoxy) is 2. The highest BCUT2D eigenvalue weighted by Gasteiger charge is 2.42. The molecule has 1 N–H and O–H groups in total. The van der Waals surface area contributed by atoms with E-state index in [9.17, 15) is 8.42 Å². The Labute approximate surface area is 109 Å². The quantitative estimate of drug-likeness (QED) is 0.797. The molecular formula is C11H22N2O4S. The van der Waals surface area contributed by atoms with Gasteiger partial charge in [0.2, 0.25) is 0 Å². The molecule has 0 radical (unpaired) electrons. The number of nitrogens with one attached hydrogen (secondary N) is 1. The van der Waals surface area contributed by atoms with Gasteiger partial charge in [0.15, 0.2) is 5.79 Å². The molecule has 0 unspecified atom stereocenters. The first kappa shape index (κ1) is 14.2. The molecule has 0 aromatic carbocycles. The summed E-state index contributed by atoms with van der Waals surface area (Å²) in [5.74, 6) is -0.534. The van der Waals surface area contributed by atoms with Crippen LogP contribution in [0.1, 0.15) is 33.6 Å². The van der Waals surface area contributed by atoms with Crippen LogP contribution >= 0.6 is 0 Å². The Kier molecular flexibility index (Phi) is 3.72. The van der Waals surface area contributed by atoms with Crippen LogP contribution in [-0.4, -0.2) is 50.4 Å². The lowest BCUT2D eigenvalue weighted by Gasteiger charge is -2.37. The van der Waals surface area contributed by atoms with Crippen LogP contribution < -0.4 is 4.72 Å². The minimum atomic E-state index is -3.42. The molecule has 7 heteroatoms. The zero-order valence-electron chi connectivity index (χ0n) is 11.2. The molecule has 0 atom stereocenters. The molecule has 0 aromatic rings. The van der Waals surface area contributed by atoms with E-state index in [1.165, 1.54) is 4.31 Å². The zero-order chi connectivity index (χ0) is 13.4. The summed E-state index contributed by atoms with van der Waals surface area (Å²) in [5, 5.41) is 0. The Morgan fingerprint density at radius 3 is 2.06 bits per heavy atom. The van der Waals surface area contributed by atoms with Crippen molar-refractivity contribution < 1.29 is 17.9 Å². The van der Waals surface area contributed by atoms with E-state index in [4.69, 9.17) is 9.47 Å². The second-order valence-corrected chi connectivity index (χ2v) is 7.53.